The Morgan fingerprint density at radius 3 is 2.04 bits per heavy atom. The van der Waals surface area contributed by atoms with Crippen molar-refractivity contribution in [2.45, 2.75) is 13.6 Å². The molecule has 4 rings (SSSR count). The third kappa shape index (κ3) is 2.63. The van der Waals surface area contributed by atoms with E-state index in [1.807, 2.05) is 22.9 Å². The van der Waals surface area contributed by atoms with Crippen LogP contribution in [0.4, 0.5) is 11.4 Å². The van der Waals surface area contributed by atoms with Gasteiger partial charge in [-0.1, -0.05) is 53.7 Å². The number of anilines is 2. The Morgan fingerprint density at radius 2 is 1.42 bits per heavy atom. The lowest BCUT2D eigenvalue weighted by atomic mass is 10.2. The van der Waals surface area contributed by atoms with E-state index >= 15 is 0 Å². The summed E-state index contributed by atoms with van der Waals surface area (Å²) in [5.74, 6) is 0. The fraction of sp³-hybridized carbons (Fsp3) is 0.100. The van der Waals surface area contributed by atoms with Crippen molar-refractivity contribution < 1.29 is 0 Å². The van der Waals surface area contributed by atoms with Crippen LogP contribution in [0.5, 0.6) is 0 Å². The van der Waals surface area contributed by atoms with Crippen molar-refractivity contribution in [3.8, 4) is 0 Å². The third-order valence-electron chi connectivity index (χ3n) is 4.16. The highest BCUT2D eigenvalue weighted by Crippen LogP contribution is 2.26. The molecule has 0 unspecified atom stereocenters. The number of hydrogen-bond acceptors (Lipinski definition) is 3. The minimum absolute atomic E-state index is 0.605. The van der Waals surface area contributed by atoms with Crippen LogP contribution in [0.2, 0.25) is 0 Å². The molecular formula is C20H18N4. The first-order chi connectivity index (χ1) is 11.8. The van der Waals surface area contributed by atoms with Crippen molar-refractivity contribution in [2.24, 2.45) is 0 Å². The number of hydrogen-bond donors (Lipinski definition) is 0. The van der Waals surface area contributed by atoms with Crippen LogP contribution in [0.3, 0.4) is 0 Å². The van der Waals surface area contributed by atoms with Gasteiger partial charge in [-0.25, -0.2) is 4.68 Å². The molecule has 3 aromatic carbocycles. The van der Waals surface area contributed by atoms with Gasteiger partial charge < -0.3 is 4.90 Å². The Kier molecular flexibility index (Phi) is 3.71. The lowest BCUT2D eigenvalue weighted by molar-refractivity contribution is 0.614. The fourth-order valence-electron chi connectivity index (χ4n) is 2.90. The lowest BCUT2D eigenvalue weighted by Crippen LogP contribution is -2.21. The van der Waals surface area contributed by atoms with Gasteiger partial charge in [0, 0.05) is 11.4 Å². The smallest absolute Gasteiger partial charge is 0.119 e. The van der Waals surface area contributed by atoms with Gasteiger partial charge in [0.1, 0.15) is 12.2 Å². The van der Waals surface area contributed by atoms with Crippen molar-refractivity contribution in [1.82, 2.24) is 15.0 Å². The maximum absolute atomic E-state index is 4.37. The molecule has 0 radical (unpaired) electrons. The minimum atomic E-state index is 0.605. The van der Waals surface area contributed by atoms with E-state index in [4.69, 9.17) is 0 Å². The van der Waals surface area contributed by atoms with Crippen molar-refractivity contribution in [1.29, 1.82) is 0 Å². The monoisotopic (exact) mass is 314 g/mol. The summed E-state index contributed by atoms with van der Waals surface area (Å²) < 4.78 is 1.95. The minimum Gasteiger partial charge on any atom is -0.321 e. The predicted molar refractivity (Wildman–Crippen MR) is 97.3 cm³/mol. The summed E-state index contributed by atoms with van der Waals surface area (Å²) in [7, 11) is 0. The average Bonchev–Trinajstić information content (AvgIpc) is 3.05. The quantitative estimate of drug-likeness (QED) is 0.555. The van der Waals surface area contributed by atoms with Gasteiger partial charge in [-0.15, -0.1) is 5.10 Å². The van der Waals surface area contributed by atoms with Crippen molar-refractivity contribution >= 4 is 22.4 Å². The summed E-state index contributed by atoms with van der Waals surface area (Å²) in [6, 6.07) is 26.9. The number of nitrogens with zero attached hydrogens (tertiary/aromatic N) is 4. The second-order valence-electron chi connectivity index (χ2n) is 5.77. The van der Waals surface area contributed by atoms with Gasteiger partial charge in [-0.3, -0.25) is 0 Å². The first kappa shape index (κ1) is 14.5. The maximum Gasteiger partial charge on any atom is 0.119 e. The molecular weight excluding hydrogens is 296 g/mol. The molecule has 4 aromatic rings. The van der Waals surface area contributed by atoms with E-state index in [9.17, 15) is 0 Å². The second kappa shape index (κ2) is 6.16. The van der Waals surface area contributed by atoms with Crippen LogP contribution in [0.15, 0.2) is 78.9 Å². The summed E-state index contributed by atoms with van der Waals surface area (Å²) in [6.07, 6.45) is 0. The topological polar surface area (TPSA) is 34.0 Å². The molecule has 0 amide bonds. The van der Waals surface area contributed by atoms with Gasteiger partial charge >= 0.3 is 0 Å². The molecule has 1 heterocycles. The van der Waals surface area contributed by atoms with Gasteiger partial charge in [-0.2, -0.15) is 0 Å². The van der Waals surface area contributed by atoms with E-state index in [1.165, 1.54) is 0 Å². The maximum atomic E-state index is 4.37. The molecule has 4 nitrogen and oxygen atoms in total. The highest BCUT2D eigenvalue weighted by Gasteiger charge is 2.13. The summed E-state index contributed by atoms with van der Waals surface area (Å²) in [4.78, 5) is 2.23. The molecule has 0 saturated carbocycles. The molecule has 24 heavy (non-hydrogen) atoms. The number of rotatable bonds is 4. The van der Waals surface area contributed by atoms with E-state index in [0.717, 1.165) is 28.0 Å². The third-order valence-corrected chi connectivity index (χ3v) is 4.16. The normalized spacial score (nSPS) is 10.9. The first-order valence-electron chi connectivity index (χ1n) is 7.99. The van der Waals surface area contributed by atoms with Gasteiger partial charge in [0.05, 0.1) is 5.52 Å². The molecule has 0 aliphatic carbocycles. The van der Waals surface area contributed by atoms with E-state index in [2.05, 4.69) is 82.8 Å². The molecule has 0 aliphatic rings. The van der Waals surface area contributed by atoms with Gasteiger partial charge in [0.15, 0.2) is 0 Å². The van der Waals surface area contributed by atoms with E-state index in [1.54, 1.807) is 0 Å². The molecule has 0 fully saturated rings. The Morgan fingerprint density at radius 1 is 0.792 bits per heavy atom. The number of benzene rings is 3. The van der Waals surface area contributed by atoms with Crippen LogP contribution >= 0.6 is 0 Å². The molecule has 4 heteroatoms. The Bertz CT molecular complexity index is 906. The Hall–Kier alpha value is -3.14. The van der Waals surface area contributed by atoms with E-state index < -0.39 is 0 Å². The predicted octanol–water partition coefficient (Wildman–Crippen LogP) is 4.54. The zero-order chi connectivity index (χ0) is 16.4. The molecule has 0 bridgehead atoms. The molecule has 0 atom stereocenters. The Balaban J connectivity index is 1.78. The van der Waals surface area contributed by atoms with Gasteiger partial charge in [-0.05, 0) is 42.8 Å². The van der Waals surface area contributed by atoms with Crippen LogP contribution in [-0.4, -0.2) is 15.0 Å². The fourth-order valence-corrected chi connectivity index (χ4v) is 2.90. The van der Waals surface area contributed by atoms with Crippen LogP contribution in [0, 0.1) is 6.92 Å². The number of aryl methyl sites for hydroxylation is 1. The Labute approximate surface area is 141 Å². The molecule has 118 valence electrons. The molecule has 0 N–H and O–H groups in total. The average molecular weight is 314 g/mol. The first-order valence-corrected chi connectivity index (χ1v) is 7.99. The van der Waals surface area contributed by atoms with E-state index in [-0.39, 0.29) is 0 Å². The van der Waals surface area contributed by atoms with Crippen LogP contribution in [0.25, 0.3) is 11.0 Å². The largest absolute Gasteiger partial charge is 0.321 e. The molecule has 0 aliphatic heterocycles. The standard InChI is InChI=1S/C20H18N4/c1-16-9-8-14-19-20(16)21-22-24(19)15-23(17-10-4-2-5-11-17)18-12-6-3-7-13-18/h2-14H,15H2,1H3. The second-order valence-corrected chi connectivity index (χ2v) is 5.77. The van der Waals surface area contributed by atoms with Crippen molar-refractivity contribution in [3.63, 3.8) is 0 Å². The van der Waals surface area contributed by atoms with E-state index in [0.29, 0.717) is 6.67 Å². The molecule has 0 saturated heterocycles. The number of fused-ring (bicyclic) bond motifs is 1. The van der Waals surface area contributed by atoms with Crippen LogP contribution < -0.4 is 4.90 Å². The zero-order valence-electron chi connectivity index (χ0n) is 13.5. The SMILES string of the molecule is Cc1cccc2c1nnn2CN(c1ccccc1)c1ccccc1. The van der Waals surface area contributed by atoms with Crippen molar-refractivity contribution in [3.05, 3.63) is 84.4 Å². The highest BCUT2D eigenvalue weighted by atomic mass is 15.5. The van der Waals surface area contributed by atoms with Crippen LogP contribution in [-0.2, 0) is 6.67 Å². The van der Waals surface area contributed by atoms with Crippen molar-refractivity contribution in [2.75, 3.05) is 4.90 Å². The highest BCUT2D eigenvalue weighted by molar-refractivity contribution is 5.78. The van der Waals surface area contributed by atoms with Gasteiger partial charge in [0.2, 0.25) is 0 Å². The molecule has 1 aromatic heterocycles. The summed E-state index contributed by atoms with van der Waals surface area (Å²) in [5, 5.41) is 8.72. The summed E-state index contributed by atoms with van der Waals surface area (Å²) in [5.41, 5.74) is 5.40. The number of para-hydroxylation sites is 2. The lowest BCUT2D eigenvalue weighted by Gasteiger charge is -2.25. The summed E-state index contributed by atoms with van der Waals surface area (Å²) in [6.45, 7) is 2.67. The zero-order valence-corrected chi connectivity index (χ0v) is 13.5. The summed E-state index contributed by atoms with van der Waals surface area (Å²) >= 11 is 0. The molecule has 0 spiro atoms. The van der Waals surface area contributed by atoms with Crippen LogP contribution in [0.1, 0.15) is 5.56 Å². The number of aromatic nitrogens is 3. The van der Waals surface area contributed by atoms with Gasteiger partial charge in [0.25, 0.3) is 0 Å².